The molecule has 0 rings (SSSR count). The van der Waals surface area contributed by atoms with E-state index in [0.717, 1.165) is 6.42 Å². The standard InChI is InChI=1S/C13H22N2O4/c1-9(2)12(17)15-11(16)8-19-13(18)10(3)6-4-5-7-14/h6,11,16H,1,4-5,7-8,14H2,2-3H3,(H,15,17). The number of aliphatic hydroxyl groups excluding tert-OH is 1. The summed E-state index contributed by atoms with van der Waals surface area (Å²) in [4.78, 5) is 22.7. The number of carbonyl (C=O) groups is 2. The highest BCUT2D eigenvalue weighted by molar-refractivity contribution is 5.92. The van der Waals surface area contributed by atoms with Gasteiger partial charge in [0.05, 0.1) is 0 Å². The highest BCUT2D eigenvalue weighted by Crippen LogP contribution is 2.01. The zero-order chi connectivity index (χ0) is 14.8. The highest BCUT2D eigenvalue weighted by Gasteiger charge is 2.12. The first-order valence-corrected chi connectivity index (χ1v) is 6.06. The van der Waals surface area contributed by atoms with Gasteiger partial charge in [0.1, 0.15) is 6.61 Å². The zero-order valence-corrected chi connectivity index (χ0v) is 11.4. The summed E-state index contributed by atoms with van der Waals surface area (Å²) >= 11 is 0. The molecule has 0 aliphatic carbocycles. The molecule has 0 saturated heterocycles. The predicted octanol–water partition coefficient (Wildman–Crippen LogP) is 0.225. The van der Waals surface area contributed by atoms with Crippen LogP contribution >= 0.6 is 0 Å². The minimum absolute atomic E-state index is 0.267. The topological polar surface area (TPSA) is 102 Å². The van der Waals surface area contributed by atoms with E-state index in [1.165, 1.54) is 6.92 Å². The first-order chi connectivity index (χ1) is 8.88. The molecule has 19 heavy (non-hydrogen) atoms. The van der Waals surface area contributed by atoms with Crippen molar-refractivity contribution in [2.45, 2.75) is 32.9 Å². The maximum atomic E-state index is 11.5. The smallest absolute Gasteiger partial charge is 0.333 e. The van der Waals surface area contributed by atoms with Crippen molar-refractivity contribution in [2.75, 3.05) is 13.2 Å². The van der Waals surface area contributed by atoms with Gasteiger partial charge in [0.2, 0.25) is 5.91 Å². The Hall–Kier alpha value is -1.66. The molecule has 1 atom stereocenters. The lowest BCUT2D eigenvalue weighted by Crippen LogP contribution is -2.38. The Bertz CT molecular complexity index is 364. The van der Waals surface area contributed by atoms with Gasteiger partial charge < -0.3 is 20.9 Å². The van der Waals surface area contributed by atoms with Gasteiger partial charge in [-0.05, 0) is 33.2 Å². The molecule has 0 aromatic rings. The van der Waals surface area contributed by atoms with Gasteiger partial charge in [0.25, 0.3) is 0 Å². The monoisotopic (exact) mass is 270 g/mol. The van der Waals surface area contributed by atoms with E-state index in [1.54, 1.807) is 13.0 Å². The number of esters is 1. The number of hydrogen-bond acceptors (Lipinski definition) is 5. The van der Waals surface area contributed by atoms with Crippen molar-refractivity contribution >= 4 is 11.9 Å². The quantitative estimate of drug-likeness (QED) is 0.253. The van der Waals surface area contributed by atoms with E-state index in [9.17, 15) is 14.7 Å². The molecule has 0 spiro atoms. The largest absolute Gasteiger partial charge is 0.458 e. The summed E-state index contributed by atoms with van der Waals surface area (Å²) in [5, 5.41) is 11.7. The number of carbonyl (C=O) groups excluding carboxylic acids is 2. The van der Waals surface area contributed by atoms with Crippen LogP contribution in [0.15, 0.2) is 23.8 Å². The van der Waals surface area contributed by atoms with Crippen molar-refractivity contribution in [1.29, 1.82) is 0 Å². The fourth-order valence-corrected chi connectivity index (χ4v) is 1.10. The summed E-state index contributed by atoms with van der Waals surface area (Å²) in [6.07, 6.45) is 1.98. The minimum Gasteiger partial charge on any atom is -0.458 e. The Morgan fingerprint density at radius 3 is 2.63 bits per heavy atom. The van der Waals surface area contributed by atoms with Crippen LogP contribution in [0.3, 0.4) is 0 Å². The number of aliphatic hydroxyl groups is 1. The summed E-state index contributed by atoms with van der Waals surface area (Å²) in [7, 11) is 0. The summed E-state index contributed by atoms with van der Waals surface area (Å²) in [6, 6.07) is 0. The van der Waals surface area contributed by atoms with Gasteiger partial charge in [-0.3, -0.25) is 4.79 Å². The molecule has 0 aliphatic rings. The first kappa shape index (κ1) is 17.3. The highest BCUT2D eigenvalue weighted by atomic mass is 16.5. The molecule has 0 saturated carbocycles. The van der Waals surface area contributed by atoms with Crippen LogP contribution in [0.2, 0.25) is 0 Å². The van der Waals surface area contributed by atoms with Gasteiger partial charge in [-0.1, -0.05) is 12.7 Å². The molecule has 0 aliphatic heterocycles. The van der Waals surface area contributed by atoms with E-state index >= 15 is 0 Å². The van der Waals surface area contributed by atoms with Crippen LogP contribution in [0.1, 0.15) is 26.7 Å². The number of nitrogens with two attached hydrogens (primary N) is 1. The van der Waals surface area contributed by atoms with Gasteiger partial charge in [0, 0.05) is 11.1 Å². The van der Waals surface area contributed by atoms with Crippen LogP contribution in [-0.2, 0) is 14.3 Å². The molecule has 0 aromatic heterocycles. The third-order valence-corrected chi connectivity index (χ3v) is 2.24. The molecule has 6 nitrogen and oxygen atoms in total. The Morgan fingerprint density at radius 2 is 2.11 bits per heavy atom. The van der Waals surface area contributed by atoms with Crippen molar-refractivity contribution in [3.63, 3.8) is 0 Å². The normalized spacial score (nSPS) is 12.7. The third-order valence-electron chi connectivity index (χ3n) is 2.24. The number of allylic oxidation sites excluding steroid dienone is 1. The molecular weight excluding hydrogens is 248 g/mol. The maximum Gasteiger partial charge on any atom is 0.333 e. The number of hydrogen-bond donors (Lipinski definition) is 3. The Balaban J connectivity index is 4.04. The molecule has 0 heterocycles. The average Bonchev–Trinajstić information content (AvgIpc) is 2.35. The van der Waals surface area contributed by atoms with E-state index in [0.29, 0.717) is 18.5 Å². The van der Waals surface area contributed by atoms with Crippen molar-refractivity contribution in [3.05, 3.63) is 23.8 Å². The zero-order valence-electron chi connectivity index (χ0n) is 11.4. The van der Waals surface area contributed by atoms with E-state index in [2.05, 4.69) is 11.9 Å². The lowest BCUT2D eigenvalue weighted by Gasteiger charge is -2.13. The van der Waals surface area contributed by atoms with Crippen LogP contribution in [0, 0.1) is 0 Å². The molecule has 0 bridgehead atoms. The molecule has 0 fully saturated rings. The van der Waals surface area contributed by atoms with Crippen LogP contribution in [0.4, 0.5) is 0 Å². The predicted molar refractivity (Wildman–Crippen MR) is 72.0 cm³/mol. The number of amides is 1. The molecule has 0 aromatic carbocycles. The number of unbranched alkanes of at least 4 members (excludes halogenated alkanes) is 1. The molecule has 108 valence electrons. The van der Waals surface area contributed by atoms with Crippen LogP contribution < -0.4 is 11.1 Å². The number of nitrogens with one attached hydrogen (secondary N) is 1. The summed E-state index contributed by atoms with van der Waals surface area (Å²) in [6.45, 7) is 6.81. The summed E-state index contributed by atoms with van der Waals surface area (Å²) in [5.74, 6) is -1.01. The first-order valence-electron chi connectivity index (χ1n) is 6.06. The summed E-state index contributed by atoms with van der Waals surface area (Å²) < 4.78 is 4.84. The van der Waals surface area contributed by atoms with Crippen LogP contribution in [-0.4, -0.2) is 36.4 Å². The second-order valence-electron chi connectivity index (χ2n) is 4.19. The molecule has 0 radical (unpaired) electrons. The lowest BCUT2D eigenvalue weighted by molar-refractivity contribution is -0.143. The fraction of sp³-hybridized carbons (Fsp3) is 0.538. The fourth-order valence-electron chi connectivity index (χ4n) is 1.10. The number of rotatable bonds is 8. The maximum absolute atomic E-state index is 11.5. The van der Waals surface area contributed by atoms with Crippen LogP contribution in [0.5, 0.6) is 0 Å². The van der Waals surface area contributed by atoms with E-state index in [1.807, 2.05) is 0 Å². The minimum atomic E-state index is -1.25. The SMILES string of the molecule is C=C(C)C(=O)NC(O)COC(=O)C(C)=CCCCN. The van der Waals surface area contributed by atoms with Crippen molar-refractivity contribution in [2.24, 2.45) is 5.73 Å². The Labute approximate surface area is 113 Å². The van der Waals surface area contributed by atoms with E-state index < -0.39 is 18.1 Å². The van der Waals surface area contributed by atoms with Crippen molar-refractivity contribution < 1.29 is 19.4 Å². The van der Waals surface area contributed by atoms with Gasteiger partial charge in [0.15, 0.2) is 6.23 Å². The Morgan fingerprint density at radius 1 is 1.47 bits per heavy atom. The Kier molecular flexibility index (Phi) is 8.48. The molecule has 1 amide bonds. The van der Waals surface area contributed by atoms with Gasteiger partial charge >= 0.3 is 5.97 Å². The van der Waals surface area contributed by atoms with Crippen molar-refractivity contribution in [3.8, 4) is 0 Å². The number of ether oxygens (including phenoxy) is 1. The molecule has 6 heteroatoms. The van der Waals surface area contributed by atoms with Crippen LogP contribution in [0.25, 0.3) is 0 Å². The lowest BCUT2D eigenvalue weighted by atomic mass is 10.2. The van der Waals surface area contributed by atoms with Gasteiger partial charge in [-0.15, -0.1) is 0 Å². The van der Waals surface area contributed by atoms with E-state index in [4.69, 9.17) is 10.5 Å². The van der Waals surface area contributed by atoms with Gasteiger partial charge in [-0.25, -0.2) is 4.79 Å². The second kappa shape index (κ2) is 9.29. The van der Waals surface area contributed by atoms with Crippen molar-refractivity contribution in [1.82, 2.24) is 5.32 Å². The van der Waals surface area contributed by atoms with E-state index in [-0.39, 0.29) is 12.2 Å². The average molecular weight is 270 g/mol. The second-order valence-corrected chi connectivity index (χ2v) is 4.19. The third kappa shape index (κ3) is 8.12. The molecule has 4 N–H and O–H groups in total. The molecule has 1 unspecified atom stereocenters. The van der Waals surface area contributed by atoms with Gasteiger partial charge in [-0.2, -0.15) is 0 Å². The summed E-state index contributed by atoms with van der Waals surface area (Å²) in [5.41, 5.74) is 6.05. The molecular formula is C13H22N2O4.